The summed E-state index contributed by atoms with van der Waals surface area (Å²) in [6.07, 6.45) is 6.57. The molecule has 2 aliphatic heterocycles. The van der Waals surface area contributed by atoms with E-state index in [4.69, 9.17) is 4.98 Å². The van der Waals surface area contributed by atoms with Gasteiger partial charge in [0.2, 0.25) is 0 Å². The maximum atomic E-state index is 4.77. The third-order valence-corrected chi connectivity index (χ3v) is 7.33. The standard InChI is InChI=1S/C28H28N8/c1-3-23(29-13-1)27-31-16-26(34-27)18-7-5-17(6-8-18)20-11-12-21(36-35-20)19-9-10-22-25(15-19)33-28(32-22)24-4-2-14-30-24/h5-12,15-16,23-24,29-30H,1-4,13-14H2,(H,31,34)(H,32,33). The summed E-state index contributed by atoms with van der Waals surface area (Å²) in [5, 5.41) is 16.0. The molecular formula is C28H28N8. The number of fused-ring (bicyclic) bond motifs is 1. The SMILES string of the molecule is c1cc(-c2cnc(C3CCCN3)[nH]2)ccc1-c1ccc(-c2ccc3nc(C4CCCN4)[nH]c3c2)nn1. The first kappa shape index (κ1) is 21.4. The fourth-order valence-electron chi connectivity index (χ4n) is 5.31. The van der Waals surface area contributed by atoms with Crippen LogP contribution < -0.4 is 10.6 Å². The molecule has 2 saturated heterocycles. The van der Waals surface area contributed by atoms with Gasteiger partial charge in [0, 0.05) is 11.1 Å². The minimum Gasteiger partial charge on any atom is -0.341 e. The highest BCUT2D eigenvalue weighted by Gasteiger charge is 2.20. The summed E-state index contributed by atoms with van der Waals surface area (Å²) in [5.41, 5.74) is 7.92. The molecule has 2 fully saturated rings. The Bertz CT molecular complexity index is 1490. The molecule has 0 aliphatic carbocycles. The number of rotatable bonds is 5. The molecule has 36 heavy (non-hydrogen) atoms. The molecule has 0 bridgehead atoms. The van der Waals surface area contributed by atoms with E-state index in [1.807, 2.05) is 18.3 Å². The summed E-state index contributed by atoms with van der Waals surface area (Å²) in [5.74, 6) is 2.04. The first-order chi connectivity index (χ1) is 17.8. The topological polar surface area (TPSA) is 107 Å². The van der Waals surface area contributed by atoms with Gasteiger partial charge in [-0.25, -0.2) is 9.97 Å². The fourth-order valence-corrected chi connectivity index (χ4v) is 5.31. The molecular weight excluding hydrogens is 448 g/mol. The molecule has 8 nitrogen and oxygen atoms in total. The van der Waals surface area contributed by atoms with Gasteiger partial charge in [-0.3, -0.25) is 0 Å². The van der Waals surface area contributed by atoms with Gasteiger partial charge in [-0.2, -0.15) is 0 Å². The molecule has 0 spiro atoms. The highest BCUT2D eigenvalue weighted by atomic mass is 15.1. The van der Waals surface area contributed by atoms with E-state index >= 15 is 0 Å². The maximum absolute atomic E-state index is 4.77. The van der Waals surface area contributed by atoms with Crippen molar-refractivity contribution >= 4 is 11.0 Å². The van der Waals surface area contributed by atoms with E-state index < -0.39 is 0 Å². The van der Waals surface area contributed by atoms with Crippen molar-refractivity contribution in [1.29, 1.82) is 0 Å². The van der Waals surface area contributed by atoms with Crippen molar-refractivity contribution in [3.05, 3.63) is 72.4 Å². The molecule has 2 unspecified atom stereocenters. The summed E-state index contributed by atoms with van der Waals surface area (Å²) in [4.78, 5) is 16.3. The Kier molecular flexibility index (Phi) is 5.33. The van der Waals surface area contributed by atoms with Crippen LogP contribution in [0.5, 0.6) is 0 Å². The molecule has 3 aromatic heterocycles. The monoisotopic (exact) mass is 476 g/mol. The molecule has 180 valence electrons. The highest BCUT2D eigenvalue weighted by Crippen LogP contribution is 2.28. The van der Waals surface area contributed by atoms with Crippen LogP contribution in [0.2, 0.25) is 0 Å². The van der Waals surface area contributed by atoms with E-state index in [2.05, 4.69) is 78.2 Å². The predicted molar refractivity (Wildman–Crippen MR) is 140 cm³/mol. The number of nitrogens with zero attached hydrogens (tertiary/aromatic N) is 4. The minimum atomic E-state index is 0.325. The Morgan fingerprint density at radius 3 is 2.03 bits per heavy atom. The molecule has 7 rings (SSSR count). The zero-order valence-electron chi connectivity index (χ0n) is 20.0. The molecule has 5 aromatic rings. The minimum absolute atomic E-state index is 0.325. The van der Waals surface area contributed by atoms with Crippen LogP contribution in [-0.2, 0) is 0 Å². The zero-order valence-corrected chi connectivity index (χ0v) is 20.0. The number of nitrogens with one attached hydrogen (secondary N) is 4. The Morgan fingerprint density at radius 1 is 0.667 bits per heavy atom. The third kappa shape index (κ3) is 3.98. The Balaban J connectivity index is 1.09. The lowest BCUT2D eigenvalue weighted by Gasteiger charge is -2.06. The van der Waals surface area contributed by atoms with E-state index in [0.29, 0.717) is 12.1 Å². The smallest absolute Gasteiger partial charge is 0.124 e. The van der Waals surface area contributed by atoms with Crippen LogP contribution in [-0.4, -0.2) is 43.2 Å². The van der Waals surface area contributed by atoms with Crippen LogP contribution in [0, 0.1) is 0 Å². The van der Waals surface area contributed by atoms with Gasteiger partial charge in [-0.1, -0.05) is 30.3 Å². The summed E-state index contributed by atoms with van der Waals surface area (Å²) in [7, 11) is 0. The van der Waals surface area contributed by atoms with Crippen molar-refractivity contribution in [3.63, 3.8) is 0 Å². The second-order valence-electron chi connectivity index (χ2n) is 9.72. The number of aromatic nitrogens is 6. The lowest BCUT2D eigenvalue weighted by molar-refractivity contribution is 0.613. The lowest BCUT2D eigenvalue weighted by Crippen LogP contribution is -2.14. The van der Waals surface area contributed by atoms with Crippen molar-refractivity contribution in [2.45, 2.75) is 37.8 Å². The number of aromatic amines is 2. The molecule has 0 radical (unpaired) electrons. The first-order valence-corrected chi connectivity index (χ1v) is 12.8. The van der Waals surface area contributed by atoms with E-state index in [0.717, 1.165) is 82.4 Å². The summed E-state index contributed by atoms with van der Waals surface area (Å²) in [6.45, 7) is 2.12. The van der Waals surface area contributed by atoms with Crippen molar-refractivity contribution in [2.24, 2.45) is 0 Å². The third-order valence-electron chi connectivity index (χ3n) is 7.33. The molecule has 0 saturated carbocycles. The molecule has 2 aliphatic rings. The van der Waals surface area contributed by atoms with Crippen molar-refractivity contribution < 1.29 is 0 Å². The summed E-state index contributed by atoms with van der Waals surface area (Å²) in [6, 6.07) is 19.3. The van der Waals surface area contributed by atoms with Gasteiger partial charge >= 0.3 is 0 Å². The average molecular weight is 477 g/mol. The average Bonchev–Trinajstić information content (AvgIpc) is 3.75. The van der Waals surface area contributed by atoms with Gasteiger partial charge in [0.25, 0.3) is 0 Å². The second-order valence-corrected chi connectivity index (χ2v) is 9.72. The number of imidazole rings is 2. The van der Waals surface area contributed by atoms with Gasteiger partial charge in [-0.05, 0) is 68.6 Å². The first-order valence-electron chi connectivity index (χ1n) is 12.8. The van der Waals surface area contributed by atoms with Gasteiger partial charge in [0.15, 0.2) is 0 Å². The van der Waals surface area contributed by atoms with E-state index in [9.17, 15) is 0 Å². The van der Waals surface area contributed by atoms with E-state index in [1.54, 1.807) is 0 Å². The Hall–Kier alpha value is -3.88. The number of hydrogen-bond acceptors (Lipinski definition) is 6. The van der Waals surface area contributed by atoms with Gasteiger partial charge in [0.1, 0.15) is 11.6 Å². The van der Waals surface area contributed by atoms with Gasteiger partial charge < -0.3 is 20.6 Å². The molecule has 0 amide bonds. The molecule has 2 atom stereocenters. The molecule has 2 aromatic carbocycles. The Labute approximate surface area is 209 Å². The largest absolute Gasteiger partial charge is 0.341 e. The van der Waals surface area contributed by atoms with Crippen LogP contribution >= 0.6 is 0 Å². The van der Waals surface area contributed by atoms with Crippen molar-refractivity contribution in [3.8, 4) is 33.8 Å². The number of H-pyrrole nitrogens is 2. The van der Waals surface area contributed by atoms with Gasteiger partial charge in [-0.15, -0.1) is 10.2 Å². The van der Waals surface area contributed by atoms with Crippen LogP contribution in [0.1, 0.15) is 49.4 Å². The highest BCUT2D eigenvalue weighted by molar-refractivity contribution is 5.81. The normalized spacial score (nSPS) is 19.9. The van der Waals surface area contributed by atoms with Crippen molar-refractivity contribution in [1.82, 2.24) is 40.8 Å². The van der Waals surface area contributed by atoms with Crippen LogP contribution in [0.3, 0.4) is 0 Å². The summed E-state index contributed by atoms with van der Waals surface area (Å²) < 4.78 is 0. The quantitative estimate of drug-likeness (QED) is 0.287. The zero-order chi connectivity index (χ0) is 23.9. The predicted octanol–water partition coefficient (Wildman–Crippen LogP) is 4.93. The van der Waals surface area contributed by atoms with Crippen LogP contribution in [0.25, 0.3) is 44.8 Å². The molecule has 5 heterocycles. The van der Waals surface area contributed by atoms with Gasteiger partial charge in [0.05, 0.1) is 46.4 Å². The second kappa shape index (κ2) is 8.96. The van der Waals surface area contributed by atoms with Crippen molar-refractivity contribution in [2.75, 3.05) is 13.1 Å². The Morgan fingerprint density at radius 2 is 1.33 bits per heavy atom. The fraction of sp³-hybridized carbons (Fsp3) is 0.286. The lowest BCUT2D eigenvalue weighted by atomic mass is 10.1. The molecule has 8 heteroatoms. The van der Waals surface area contributed by atoms with Crippen LogP contribution in [0.15, 0.2) is 60.8 Å². The van der Waals surface area contributed by atoms with E-state index in [-0.39, 0.29) is 0 Å². The number of hydrogen-bond donors (Lipinski definition) is 4. The maximum Gasteiger partial charge on any atom is 0.124 e. The van der Waals surface area contributed by atoms with Crippen LogP contribution in [0.4, 0.5) is 0 Å². The van der Waals surface area contributed by atoms with E-state index in [1.165, 1.54) is 12.8 Å². The number of benzene rings is 2. The summed E-state index contributed by atoms with van der Waals surface area (Å²) >= 11 is 0. The molecule has 4 N–H and O–H groups in total.